The largest absolute Gasteiger partial charge is 1.00 e. The average Bonchev–Trinajstić information content (AvgIpc) is 1.38. The molecule has 6 heavy (non-hydrogen) atoms. The summed E-state index contributed by atoms with van der Waals surface area (Å²) in [6, 6.07) is 0. The zero-order valence-electron chi connectivity index (χ0n) is 3.47. The van der Waals surface area contributed by atoms with Gasteiger partial charge in [0.05, 0.1) is 0 Å². The van der Waals surface area contributed by atoms with E-state index in [9.17, 15) is 4.21 Å². The van der Waals surface area contributed by atoms with Crippen LogP contribution in [0.5, 0.6) is 0 Å². The van der Waals surface area contributed by atoms with Gasteiger partial charge in [-0.2, -0.15) is 0 Å². The Labute approximate surface area is 60.9 Å². The topological polar surface area (TPSA) is 61.1 Å². The summed E-state index contributed by atoms with van der Waals surface area (Å²) in [5, 5.41) is 0. The molecule has 0 heterocycles. The second kappa shape index (κ2) is 6.07. The molecule has 0 aliphatic carbocycles. The maximum Gasteiger partial charge on any atom is 1.00 e. The van der Waals surface area contributed by atoms with Crippen LogP contribution in [0.4, 0.5) is 0 Å². The quantitative estimate of drug-likeness (QED) is 0.298. The van der Waals surface area contributed by atoms with Gasteiger partial charge in [0.15, 0.2) is 0 Å². The SMILES string of the molecule is [NH-]CS(=O)O.[Na+]. The summed E-state index contributed by atoms with van der Waals surface area (Å²) in [6.45, 7) is 0. The van der Waals surface area contributed by atoms with Crippen LogP contribution in [-0.2, 0) is 11.1 Å². The third-order valence-electron chi connectivity index (χ3n) is 0.123. The van der Waals surface area contributed by atoms with Crippen LogP contribution < -0.4 is 29.6 Å². The van der Waals surface area contributed by atoms with Gasteiger partial charge in [-0.3, -0.25) is 0 Å². The van der Waals surface area contributed by atoms with Gasteiger partial charge in [-0.15, -0.1) is 0 Å². The Bertz CT molecular complexity index is 48.8. The maximum atomic E-state index is 9.29. The van der Waals surface area contributed by atoms with Crippen molar-refractivity contribution in [2.75, 3.05) is 5.88 Å². The van der Waals surface area contributed by atoms with E-state index in [2.05, 4.69) is 0 Å². The van der Waals surface area contributed by atoms with Crippen LogP contribution in [0.2, 0.25) is 0 Å². The summed E-state index contributed by atoms with van der Waals surface area (Å²) < 4.78 is 16.9. The molecule has 1 unspecified atom stereocenters. The molecule has 0 aromatic heterocycles. The number of rotatable bonds is 1. The fourth-order valence-corrected chi connectivity index (χ4v) is 0. The molecule has 0 aromatic carbocycles. The fourth-order valence-electron chi connectivity index (χ4n) is 0. The van der Waals surface area contributed by atoms with Crippen LogP contribution in [0.3, 0.4) is 0 Å². The molecule has 0 bridgehead atoms. The molecule has 0 saturated carbocycles. The van der Waals surface area contributed by atoms with Crippen molar-refractivity contribution in [1.82, 2.24) is 0 Å². The normalized spacial score (nSPS) is 12.3. The second-order valence-electron chi connectivity index (χ2n) is 0.466. The molecule has 0 rings (SSSR count). The Kier molecular flexibility index (Phi) is 10.3. The molecule has 0 radical (unpaired) electrons. The molecule has 3 nitrogen and oxygen atoms in total. The van der Waals surface area contributed by atoms with Gasteiger partial charge in [-0.1, -0.05) is 0 Å². The van der Waals surface area contributed by atoms with Crippen LogP contribution in [0, 0.1) is 0 Å². The minimum absolute atomic E-state index is 0. The summed E-state index contributed by atoms with van der Waals surface area (Å²) in [5.74, 6) is -0.417. The molecule has 1 atom stereocenters. The summed E-state index contributed by atoms with van der Waals surface area (Å²) in [5.41, 5.74) is 6.11. The smallest absolute Gasteiger partial charge is 0.665 e. The Morgan fingerprint density at radius 2 is 2.00 bits per heavy atom. The average molecular weight is 117 g/mol. The number of hydrogen-bond donors (Lipinski definition) is 1. The first-order chi connectivity index (χ1) is 2.27. The molecule has 0 aliphatic heterocycles. The van der Waals surface area contributed by atoms with E-state index in [-0.39, 0.29) is 29.6 Å². The molecule has 0 amide bonds. The molecule has 0 aromatic rings. The molecule has 0 spiro atoms. The molecular formula is CH4NNaO2S. The van der Waals surface area contributed by atoms with E-state index in [1.807, 2.05) is 0 Å². The van der Waals surface area contributed by atoms with E-state index < -0.39 is 17.0 Å². The van der Waals surface area contributed by atoms with Gasteiger partial charge in [0.2, 0.25) is 0 Å². The molecule has 0 aliphatic rings. The zero-order chi connectivity index (χ0) is 4.28. The minimum Gasteiger partial charge on any atom is -0.665 e. The molecule has 32 valence electrons. The van der Waals surface area contributed by atoms with Crippen molar-refractivity contribution in [1.29, 1.82) is 0 Å². The number of hydrogen-bond acceptors (Lipinski definition) is 1. The van der Waals surface area contributed by atoms with E-state index in [1.54, 1.807) is 0 Å². The van der Waals surface area contributed by atoms with Crippen molar-refractivity contribution in [3.8, 4) is 0 Å². The monoisotopic (exact) mass is 117 g/mol. The van der Waals surface area contributed by atoms with Crippen LogP contribution in [0.15, 0.2) is 0 Å². The van der Waals surface area contributed by atoms with Gasteiger partial charge in [-0.05, 0) is 5.88 Å². The van der Waals surface area contributed by atoms with Crippen LogP contribution in [0.1, 0.15) is 0 Å². The van der Waals surface area contributed by atoms with Gasteiger partial charge in [0.25, 0.3) is 0 Å². The molecular weight excluding hydrogens is 113 g/mol. The van der Waals surface area contributed by atoms with Crippen molar-refractivity contribution in [3.63, 3.8) is 0 Å². The standard InChI is InChI=1S/CH4NO2S.Na/c2-1-5(3)4;/h2H,1H2,(H,3,4);/q-1;+1. The maximum absolute atomic E-state index is 9.29. The molecule has 0 fully saturated rings. The Balaban J connectivity index is 0. The summed E-state index contributed by atoms with van der Waals surface area (Å²) in [7, 11) is 0. The molecule has 0 saturated heterocycles. The Hall–Kier alpha value is 1.07. The Morgan fingerprint density at radius 3 is 2.00 bits per heavy atom. The van der Waals surface area contributed by atoms with Gasteiger partial charge < -0.3 is 10.3 Å². The Morgan fingerprint density at radius 1 is 1.83 bits per heavy atom. The second-order valence-corrected chi connectivity index (χ2v) is 1.40. The minimum atomic E-state index is -1.91. The van der Waals surface area contributed by atoms with Gasteiger partial charge in [-0.25, -0.2) is 4.21 Å². The van der Waals surface area contributed by atoms with E-state index in [0.717, 1.165) is 0 Å². The van der Waals surface area contributed by atoms with Gasteiger partial charge in [0.1, 0.15) is 11.1 Å². The van der Waals surface area contributed by atoms with Gasteiger partial charge in [0, 0.05) is 0 Å². The summed E-state index contributed by atoms with van der Waals surface area (Å²) in [4.78, 5) is 0. The summed E-state index contributed by atoms with van der Waals surface area (Å²) >= 11 is -1.91. The zero-order valence-corrected chi connectivity index (χ0v) is 6.29. The van der Waals surface area contributed by atoms with E-state index in [4.69, 9.17) is 10.3 Å². The van der Waals surface area contributed by atoms with Crippen molar-refractivity contribution in [2.24, 2.45) is 0 Å². The van der Waals surface area contributed by atoms with Crippen LogP contribution in [0.25, 0.3) is 5.73 Å². The van der Waals surface area contributed by atoms with Crippen molar-refractivity contribution in [3.05, 3.63) is 5.73 Å². The van der Waals surface area contributed by atoms with E-state index in [1.165, 1.54) is 0 Å². The first-order valence-electron chi connectivity index (χ1n) is 0.991. The third kappa shape index (κ3) is 8.91. The van der Waals surface area contributed by atoms with E-state index in [0.29, 0.717) is 0 Å². The van der Waals surface area contributed by atoms with Crippen molar-refractivity contribution in [2.45, 2.75) is 0 Å². The molecule has 5 heteroatoms. The predicted octanol–water partition coefficient (Wildman–Crippen LogP) is -2.78. The van der Waals surface area contributed by atoms with Crippen LogP contribution in [-0.4, -0.2) is 14.6 Å². The van der Waals surface area contributed by atoms with Crippen molar-refractivity contribution >= 4 is 11.1 Å². The summed E-state index contributed by atoms with van der Waals surface area (Å²) in [6.07, 6.45) is 0. The van der Waals surface area contributed by atoms with E-state index >= 15 is 0 Å². The predicted molar refractivity (Wildman–Crippen MR) is 20.0 cm³/mol. The molecule has 2 N–H and O–H groups in total. The third-order valence-corrected chi connectivity index (χ3v) is 0.370. The fraction of sp³-hybridized carbons (Fsp3) is 1.00. The van der Waals surface area contributed by atoms with Crippen LogP contribution >= 0.6 is 0 Å². The van der Waals surface area contributed by atoms with Crippen molar-refractivity contribution < 1.29 is 38.3 Å². The van der Waals surface area contributed by atoms with Gasteiger partial charge >= 0.3 is 29.6 Å². The number of nitrogens with one attached hydrogen (secondary N) is 1. The first kappa shape index (κ1) is 10.1. The first-order valence-corrected chi connectivity index (χ1v) is 2.27.